The first-order valence-corrected chi connectivity index (χ1v) is 12.5. The summed E-state index contributed by atoms with van der Waals surface area (Å²) < 4.78 is 6.66. The predicted octanol–water partition coefficient (Wildman–Crippen LogP) is 6.41. The second-order valence-electron chi connectivity index (χ2n) is 7.70. The van der Waals surface area contributed by atoms with Crippen LogP contribution in [0.25, 0.3) is 6.08 Å². The molecule has 3 aromatic carbocycles. The summed E-state index contributed by atoms with van der Waals surface area (Å²) in [6.07, 6.45) is 2.29. The molecule has 1 aliphatic rings. The molecule has 35 heavy (non-hydrogen) atoms. The van der Waals surface area contributed by atoms with Gasteiger partial charge >= 0.3 is 6.03 Å². The van der Waals surface area contributed by atoms with Gasteiger partial charge in [-0.3, -0.25) is 14.9 Å². The zero-order chi connectivity index (χ0) is 25.1. The lowest BCUT2D eigenvalue weighted by Crippen LogP contribution is -2.54. The van der Waals surface area contributed by atoms with Crippen molar-refractivity contribution in [2.75, 3.05) is 4.90 Å². The van der Waals surface area contributed by atoms with Gasteiger partial charge in [-0.05, 0) is 88.2 Å². The molecule has 9 heteroatoms. The first-order chi connectivity index (χ1) is 16.8. The van der Waals surface area contributed by atoms with Crippen LogP contribution in [-0.4, -0.2) is 17.8 Å². The van der Waals surface area contributed by atoms with E-state index in [1.807, 2.05) is 25.1 Å². The van der Waals surface area contributed by atoms with Crippen LogP contribution in [0.4, 0.5) is 10.5 Å². The molecule has 0 aromatic heterocycles. The van der Waals surface area contributed by atoms with E-state index in [4.69, 9.17) is 27.9 Å². The number of barbiturate groups is 1. The topological polar surface area (TPSA) is 75.7 Å². The monoisotopic (exact) mass is 620 g/mol. The van der Waals surface area contributed by atoms with Crippen molar-refractivity contribution in [3.05, 3.63) is 96.5 Å². The van der Waals surface area contributed by atoms with E-state index in [2.05, 4.69) is 27.9 Å². The van der Waals surface area contributed by atoms with Crippen LogP contribution in [0.1, 0.15) is 23.6 Å². The molecule has 0 atom stereocenters. The zero-order valence-corrected chi connectivity index (χ0v) is 22.1. The van der Waals surface area contributed by atoms with Crippen molar-refractivity contribution < 1.29 is 19.1 Å². The molecule has 1 N–H and O–H groups in total. The van der Waals surface area contributed by atoms with Crippen LogP contribution < -0.4 is 15.0 Å². The van der Waals surface area contributed by atoms with Crippen molar-refractivity contribution in [1.29, 1.82) is 0 Å². The van der Waals surface area contributed by atoms with Crippen molar-refractivity contribution in [3.63, 3.8) is 0 Å². The van der Waals surface area contributed by atoms with Crippen molar-refractivity contribution >= 4 is 75.4 Å². The number of aryl methyl sites for hydroxylation is 1. The van der Waals surface area contributed by atoms with Crippen LogP contribution in [0.3, 0.4) is 0 Å². The molecule has 1 fully saturated rings. The van der Waals surface area contributed by atoms with Crippen molar-refractivity contribution in [2.45, 2.75) is 20.0 Å². The van der Waals surface area contributed by atoms with Gasteiger partial charge in [-0.15, -0.1) is 0 Å². The molecule has 6 nitrogen and oxygen atoms in total. The Hall–Kier alpha value is -2.88. The highest BCUT2D eigenvalue weighted by molar-refractivity contribution is 14.1. The minimum atomic E-state index is -0.776. The molecule has 4 rings (SSSR count). The quantitative estimate of drug-likeness (QED) is 0.196. The molecule has 0 unspecified atom stereocenters. The Morgan fingerprint density at radius 2 is 1.66 bits per heavy atom. The number of hydrogen-bond donors (Lipinski definition) is 1. The number of hydrogen-bond acceptors (Lipinski definition) is 4. The number of anilines is 1. The number of nitrogens with zero attached hydrogens (tertiary/aromatic N) is 1. The maximum absolute atomic E-state index is 13.1. The van der Waals surface area contributed by atoms with Gasteiger partial charge in [-0.25, -0.2) is 9.69 Å². The number of ether oxygens (including phenoxy) is 1. The molecule has 178 valence electrons. The Morgan fingerprint density at radius 1 is 0.943 bits per heavy atom. The second-order valence-corrected chi connectivity index (χ2v) is 9.68. The molecule has 1 heterocycles. The summed E-state index contributed by atoms with van der Waals surface area (Å²) >= 11 is 14.1. The molecule has 0 aliphatic carbocycles. The van der Waals surface area contributed by atoms with Gasteiger partial charge in [0.2, 0.25) is 0 Å². The minimum absolute atomic E-state index is 0.135. The first-order valence-electron chi connectivity index (χ1n) is 10.6. The van der Waals surface area contributed by atoms with Crippen molar-refractivity contribution in [1.82, 2.24) is 5.32 Å². The maximum atomic E-state index is 13.1. The van der Waals surface area contributed by atoms with Gasteiger partial charge in [0.15, 0.2) is 0 Å². The number of amides is 4. The van der Waals surface area contributed by atoms with Crippen LogP contribution in [0.2, 0.25) is 10.0 Å². The highest BCUT2D eigenvalue weighted by atomic mass is 127. The number of benzene rings is 3. The number of urea groups is 1. The summed E-state index contributed by atoms with van der Waals surface area (Å²) in [6, 6.07) is 16.8. The number of halogens is 3. The van der Waals surface area contributed by atoms with Gasteiger partial charge in [0, 0.05) is 0 Å². The van der Waals surface area contributed by atoms with E-state index in [-0.39, 0.29) is 5.57 Å². The van der Waals surface area contributed by atoms with E-state index in [0.29, 0.717) is 33.7 Å². The summed E-state index contributed by atoms with van der Waals surface area (Å²) in [5.41, 5.74) is 2.81. The fourth-order valence-electron chi connectivity index (χ4n) is 3.45. The standard InChI is InChI=1S/C26H19Cl2IN2O4/c1-2-15-3-7-18(8-4-15)31-25(33)19(24(32)30-26(31)34)11-16-6-10-23(22(29)13-16)35-14-17-5-9-20(27)21(28)12-17/h3-13H,2,14H2,1H3,(H,30,32,34)/b19-11-. The first kappa shape index (κ1) is 25.2. The zero-order valence-electron chi connectivity index (χ0n) is 18.5. The number of carbonyl (C=O) groups is 3. The Balaban J connectivity index is 1.54. The summed E-state index contributed by atoms with van der Waals surface area (Å²) in [7, 11) is 0. The molecular weight excluding hydrogens is 602 g/mol. The normalized spacial score (nSPS) is 14.9. The van der Waals surface area contributed by atoms with Gasteiger partial charge in [-0.1, -0.05) is 54.4 Å². The second kappa shape index (κ2) is 10.8. The molecule has 1 aliphatic heterocycles. The molecule has 1 saturated heterocycles. The highest BCUT2D eigenvalue weighted by Crippen LogP contribution is 2.28. The molecular formula is C26H19Cl2IN2O4. The summed E-state index contributed by atoms with van der Waals surface area (Å²) in [5, 5.41) is 3.17. The van der Waals surface area contributed by atoms with E-state index >= 15 is 0 Å². The van der Waals surface area contributed by atoms with E-state index in [1.165, 1.54) is 6.08 Å². The highest BCUT2D eigenvalue weighted by Gasteiger charge is 2.36. The number of nitrogens with one attached hydrogen (secondary N) is 1. The van der Waals surface area contributed by atoms with Gasteiger partial charge in [0.1, 0.15) is 17.9 Å². The van der Waals surface area contributed by atoms with E-state index < -0.39 is 17.8 Å². The number of carbonyl (C=O) groups excluding carboxylic acids is 3. The fourth-order valence-corrected chi connectivity index (χ4v) is 4.47. The third-order valence-electron chi connectivity index (χ3n) is 5.35. The lowest BCUT2D eigenvalue weighted by molar-refractivity contribution is -0.122. The average molecular weight is 621 g/mol. The Labute approximate surface area is 226 Å². The Morgan fingerprint density at radius 3 is 2.31 bits per heavy atom. The van der Waals surface area contributed by atoms with E-state index in [0.717, 1.165) is 26.0 Å². The largest absolute Gasteiger partial charge is 0.488 e. The van der Waals surface area contributed by atoms with Crippen LogP contribution in [0.5, 0.6) is 5.75 Å². The van der Waals surface area contributed by atoms with Gasteiger partial charge < -0.3 is 4.74 Å². The fraction of sp³-hybridized carbons (Fsp3) is 0.115. The van der Waals surface area contributed by atoms with Crippen LogP contribution in [0.15, 0.2) is 66.2 Å². The van der Waals surface area contributed by atoms with Crippen LogP contribution >= 0.6 is 45.8 Å². The van der Waals surface area contributed by atoms with E-state index in [9.17, 15) is 14.4 Å². The Bertz CT molecular complexity index is 1360. The summed E-state index contributed by atoms with van der Waals surface area (Å²) in [5.74, 6) is -0.791. The average Bonchev–Trinajstić information content (AvgIpc) is 2.83. The summed E-state index contributed by atoms with van der Waals surface area (Å²) in [6.45, 7) is 2.31. The molecule has 3 aromatic rings. The van der Waals surface area contributed by atoms with Crippen LogP contribution in [0, 0.1) is 3.57 Å². The van der Waals surface area contributed by atoms with Crippen molar-refractivity contribution in [3.8, 4) is 5.75 Å². The third kappa shape index (κ3) is 5.69. The predicted molar refractivity (Wildman–Crippen MR) is 145 cm³/mol. The smallest absolute Gasteiger partial charge is 0.335 e. The molecule has 4 amide bonds. The molecule has 0 saturated carbocycles. The maximum Gasteiger partial charge on any atom is 0.335 e. The number of imide groups is 2. The Kier molecular flexibility index (Phi) is 7.78. The molecule has 0 bridgehead atoms. The van der Waals surface area contributed by atoms with Gasteiger partial charge in [0.05, 0.1) is 19.3 Å². The van der Waals surface area contributed by atoms with Crippen LogP contribution in [-0.2, 0) is 22.6 Å². The summed E-state index contributed by atoms with van der Waals surface area (Å²) in [4.78, 5) is 38.9. The van der Waals surface area contributed by atoms with E-state index in [1.54, 1.807) is 42.5 Å². The van der Waals surface area contributed by atoms with Crippen molar-refractivity contribution in [2.24, 2.45) is 0 Å². The lowest BCUT2D eigenvalue weighted by Gasteiger charge is -2.26. The minimum Gasteiger partial charge on any atom is -0.488 e. The molecule has 0 spiro atoms. The SMILES string of the molecule is CCc1ccc(N2C(=O)NC(=O)/C(=C/c3ccc(OCc4ccc(Cl)c(Cl)c4)c(I)c3)C2=O)cc1. The number of rotatable bonds is 6. The molecule has 0 radical (unpaired) electrons. The van der Waals surface area contributed by atoms with Gasteiger partial charge in [0.25, 0.3) is 11.8 Å². The van der Waals surface area contributed by atoms with Gasteiger partial charge in [-0.2, -0.15) is 0 Å². The third-order valence-corrected chi connectivity index (χ3v) is 6.93. The lowest BCUT2D eigenvalue weighted by atomic mass is 10.1.